The van der Waals surface area contributed by atoms with Crippen molar-refractivity contribution >= 4 is 24.0 Å². The number of carbonyl (C=O) groups excluding carboxylic acids is 2. The molecule has 0 aliphatic carbocycles. The third-order valence-electron chi connectivity index (χ3n) is 9.67. The zero-order valence-electron chi connectivity index (χ0n) is 24.9. The summed E-state index contributed by atoms with van der Waals surface area (Å²) in [7, 11) is 0. The van der Waals surface area contributed by atoms with E-state index in [1.54, 1.807) is 0 Å². The Balaban J connectivity index is 0.897. The van der Waals surface area contributed by atoms with Crippen molar-refractivity contribution in [3.05, 3.63) is 83.9 Å². The second-order valence-corrected chi connectivity index (χ2v) is 12.6. The number of piperazine rings is 2. The van der Waals surface area contributed by atoms with Crippen molar-refractivity contribution in [2.24, 2.45) is 0 Å². The highest BCUT2D eigenvalue weighted by molar-refractivity contribution is 5.78. The molecule has 2 amide bonds. The minimum Gasteiger partial charge on any atom is -0.334 e. The molecule has 6 heteroatoms. The van der Waals surface area contributed by atoms with E-state index in [-0.39, 0.29) is 0 Å². The van der Waals surface area contributed by atoms with E-state index in [0.717, 1.165) is 77.8 Å². The van der Waals surface area contributed by atoms with Crippen LogP contribution in [0.15, 0.2) is 72.8 Å². The van der Waals surface area contributed by atoms with Gasteiger partial charge in [0.15, 0.2) is 0 Å². The number of nitrogens with zero attached hydrogens (tertiary/aromatic N) is 4. The Morgan fingerprint density at radius 1 is 0.571 bits per heavy atom. The van der Waals surface area contributed by atoms with Crippen LogP contribution in [0, 0.1) is 0 Å². The van der Waals surface area contributed by atoms with Crippen molar-refractivity contribution in [2.45, 2.75) is 75.5 Å². The van der Waals surface area contributed by atoms with Crippen LogP contribution < -0.4 is 0 Å². The second kappa shape index (κ2) is 13.8. The lowest BCUT2D eigenvalue weighted by Gasteiger charge is -2.41. The summed E-state index contributed by atoms with van der Waals surface area (Å²) in [5.41, 5.74) is 2.46. The van der Waals surface area contributed by atoms with Crippen LogP contribution in [-0.4, -0.2) is 94.8 Å². The van der Waals surface area contributed by atoms with Gasteiger partial charge < -0.3 is 9.80 Å². The third kappa shape index (κ3) is 7.04. The molecular weight excluding hydrogens is 520 g/mol. The SMILES string of the molecule is O=C(CCCCC(=O)N1C2CCC1CN(C/C=C/c1ccccc1)C2)N1C2CCC1CN(C/C=C/c1ccccc1)C2. The van der Waals surface area contributed by atoms with Crippen LogP contribution in [0.3, 0.4) is 0 Å². The van der Waals surface area contributed by atoms with Crippen LogP contribution >= 0.6 is 0 Å². The minimum atomic E-state index is 0.298. The molecule has 4 bridgehead atoms. The lowest BCUT2D eigenvalue weighted by atomic mass is 10.1. The summed E-state index contributed by atoms with van der Waals surface area (Å²) in [6.07, 6.45) is 16.1. The number of benzene rings is 2. The van der Waals surface area contributed by atoms with Gasteiger partial charge in [-0.1, -0.05) is 85.0 Å². The molecule has 42 heavy (non-hydrogen) atoms. The number of hydrogen-bond donors (Lipinski definition) is 0. The monoisotopic (exact) mass is 566 g/mol. The molecule has 222 valence electrons. The Labute approximate surface area is 251 Å². The van der Waals surface area contributed by atoms with Gasteiger partial charge in [-0.25, -0.2) is 0 Å². The van der Waals surface area contributed by atoms with Crippen LogP contribution in [0.1, 0.15) is 62.5 Å². The van der Waals surface area contributed by atoms with Crippen molar-refractivity contribution in [1.29, 1.82) is 0 Å². The van der Waals surface area contributed by atoms with Gasteiger partial charge in [-0.15, -0.1) is 0 Å². The van der Waals surface area contributed by atoms with Crippen LogP contribution in [0.2, 0.25) is 0 Å². The number of unbranched alkanes of at least 4 members (excludes halogenated alkanes) is 1. The molecule has 4 aliphatic rings. The molecule has 0 spiro atoms. The van der Waals surface area contributed by atoms with E-state index in [2.05, 4.69) is 92.4 Å². The molecule has 4 aliphatic heterocycles. The number of carbonyl (C=O) groups is 2. The van der Waals surface area contributed by atoms with Crippen molar-refractivity contribution < 1.29 is 9.59 Å². The smallest absolute Gasteiger partial charge is 0.223 e. The normalized spacial score (nSPS) is 26.1. The van der Waals surface area contributed by atoms with Gasteiger partial charge in [0, 0.05) is 76.3 Å². The molecule has 0 radical (unpaired) electrons. The predicted octanol–water partition coefficient (Wildman–Crippen LogP) is 5.32. The number of rotatable bonds is 11. The van der Waals surface area contributed by atoms with Crippen LogP contribution in [0.5, 0.6) is 0 Å². The number of amides is 2. The fraction of sp³-hybridized carbons (Fsp3) is 0.500. The Morgan fingerprint density at radius 3 is 1.29 bits per heavy atom. The maximum Gasteiger partial charge on any atom is 0.223 e. The summed E-state index contributed by atoms with van der Waals surface area (Å²) in [5.74, 6) is 0.596. The van der Waals surface area contributed by atoms with Gasteiger partial charge >= 0.3 is 0 Å². The molecule has 4 saturated heterocycles. The molecule has 2 aromatic rings. The largest absolute Gasteiger partial charge is 0.334 e. The summed E-state index contributed by atoms with van der Waals surface area (Å²) in [6, 6.07) is 22.2. The molecule has 4 unspecified atom stereocenters. The zero-order valence-corrected chi connectivity index (χ0v) is 24.9. The maximum atomic E-state index is 13.2. The van der Waals surface area contributed by atoms with Crippen molar-refractivity contribution in [3.8, 4) is 0 Å². The predicted molar refractivity (Wildman–Crippen MR) is 170 cm³/mol. The average Bonchev–Trinajstić information content (AvgIpc) is 3.44. The zero-order chi connectivity index (χ0) is 28.7. The van der Waals surface area contributed by atoms with Gasteiger partial charge in [0.25, 0.3) is 0 Å². The highest BCUT2D eigenvalue weighted by Gasteiger charge is 2.43. The van der Waals surface area contributed by atoms with E-state index in [9.17, 15) is 9.59 Å². The lowest BCUT2D eigenvalue weighted by Crippen LogP contribution is -2.55. The molecule has 0 aromatic heterocycles. The summed E-state index contributed by atoms with van der Waals surface area (Å²) in [6.45, 7) is 5.75. The first-order valence-corrected chi connectivity index (χ1v) is 16.1. The quantitative estimate of drug-likeness (QED) is 0.345. The molecule has 4 atom stereocenters. The molecule has 6 rings (SSSR count). The fourth-order valence-electron chi connectivity index (χ4n) is 7.71. The van der Waals surface area contributed by atoms with E-state index in [1.807, 2.05) is 12.1 Å². The van der Waals surface area contributed by atoms with E-state index < -0.39 is 0 Å². The standard InChI is InChI=1S/C36H46N4O2/c41-35(39-31-19-20-32(39)26-37(25-31)23-9-15-29-11-3-1-4-12-29)17-7-8-18-36(42)40-33-21-22-34(40)28-38(27-33)24-10-16-30-13-5-2-6-14-30/h1-6,9-16,31-34H,7-8,17-28H2/b15-9+,16-10+. The van der Waals surface area contributed by atoms with E-state index >= 15 is 0 Å². The molecular formula is C36H46N4O2. The highest BCUT2D eigenvalue weighted by Crippen LogP contribution is 2.32. The van der Waals surface area contributed by atoms with Gasteiger partial charge in [0.2, 0.25) is 11.8 Å². The number of hydrogen-bond acceptors (Lipinski definition) is 4. The summed E-state index contributed by atoms with van der Waals surface area (Å²) in [4.78, 5) is 35.8. The average molecular weight is 567 g/mol. The Kier molecular flexibility index (Phi) is 9.51. The Bertz CT molecular complexity index is 1120. The second-order valence-electron chi connectivity index (χ2n) is 12.6. The Morgan fingerprint density at radius 2 is 0.929 bits per heavy atom. The third-order valence-corrected chi connectivity index (χ3v) is 9.67. The van der Waals surface area contributed by atoms with Gasteiger partial charge in [-0.05, 0) is 49.7 Å². The van der Waals surface area contributed by atoms with Crippen molar-refractivity contribution in [3.63, 3.8) is 0 Å². The summed E-state index contributed by atoms with van der Waals surface area (Å²) in [5, 5.41) is 0. The first kappa shape index (κ1) is 28.9. The van der Waals surface area contributed by atoms with E-state index in [4.69, 9.17) is 0 Å². The van der Waals surface area contributed by atoms with Crippen LogP contribution in [0.25, 0.3) is 12.2 Å². The minimum absolute atomic E-state index is 0.298. The number of likely N-dealkylation sites (tertiary alicyclic amines) is 2. The topological polar surface area (TPSA) is 47.1 Å². The van der Waals surface area contributed by atoms with Crippen LogP contribution in [0.4, 0.5) is 0 Å². The van der Waals surface area contributed by atoms with Gasteiger partial charge in [-0.3, -0.25) is 19.4 Å². The van der Waals surface area contributed by atoms with E-state index in [0.29, 0.717) is 48.8 Å². The van der Waals surface area contributed by atoms with Gasteiger partial charge in [-0.2, -0.15) is 0 Å². The van der Waals surface area contributed by atoms with Crippen LogP contribution in [-0.2, 0) is 9.59 Å². The van der Waals surface area contributed by atoms with Gasteiger partial charge in [0.1, 0.15) is 0 Å². The molecule has 4 fully saturated rings. The molecule has 0 N–H and O–H groups in total. The maximum absolute atomic E-state index is 13.2. The first-order chi connectivity index (χ1) is 20.6. The summed E-state index contributed by atoms with van der Waals surface area (Å²) >= 11 is 0. The molecule has 2 aromatic carbocycles. The molecule has 4 heterocycles. The lowest BCUT2D eigenvalue weighted by molar-refractivity contribution is -0.139. The first-order valence-electron chi connectivity index (χ1n) is 16.1. The molecule has 6 nitrogen and oxygen atoms in total. The summed E-state index contributed by atoms with van der Waals surface area (Å²) < 4.78 is 0. The van der Waals surface area contributed by atoms with Gasteiger partial charge in [0.05, 0.1) is 0 Å². The van der Waals surface area contributed by atoms with Crippen molar-refractivity contribution in [1.82, 2.24) is 19.6 Å². The van der Waals surface area contributed by atoms with E-state index in [1.165, 1.54) is 11.1 Å². The Hall–Kier alpha value is -3.22. The van der Waals surface area contributed by atoms with Crippen molar-refractivity contribution in [2.75, 3.05) is 39.3 Å². The molecule has 0 saturated carbocycles. The highest BCUT2D eigenvalue weighted by atomic mass is 16.2. The fourth-order valence-corrected chi connectivity index (χ4v) is 7.71. The number of fused-ring (bicyclic) bond motifs is 4.